The van der Waals surface area contributed by atoms with Gasteiger partial charge in [-0.25, -0.2) is 4.39 Å². The van der Waals surface area contributed by atoms with E-state index in [4.69, 9.17) is 10.5 Å². The van der Waals surface area contributed by atoms with Crippen LogP contribution >= 0.6 is 0 Å². The lowest BCUT2D eigenvalue weighted by atomic mass is 10.1. The summed E-state index contributed by atoms with van der Waals surface area (Å²) in [5, 5.41) is 20.8. The van der Waals surface area contributed by atoms with Gasteiger partial charge in [0.25, 0.3) is 5.91 Å². The van der Waals surface area contributed by atoms with Crippen molar-refractivity contribution in [1.29, 1.82) is 5.41 Å². The molecule has 174 valence electrons. The van der Waals surface area contributed by atoms with E-state index >= 15 is 0 Å². The lowest BCUT2D eigenvalue weighted by Gasteiger charge is -2.13. The topological polar surface area (TPSA) is 102 Å². The number of halogens is 3. The van der Waals surface area contributed by atoms with Crippen molar-refractivity contribution in [1.82, 2.24) is 0 Å². The number of amides is 1. The van der Waals surface area contributed by atoms with Crippen LogP contribution in [0.2, 0.25) is 0 Å². The van der Waals surface area contributed by atoms with E-state index in [1.807, 2.05) is 30.3 Å². The number of benzene rings is 3. The Kier molecular flexibility index (Phi) is 9.77. The van der Waals surface area contributed by atoms with E-state index in [1.165, 1.54) is 24.3 Å². The molecule has 0 saturated heterocycles. The van der Waals surface area contributed by atoms with Crippen molar-refractivity contribution in [3.05, 3.63) is 89.7 Å². The molecule has 0 aliphatic heterocycles. The zero-order valence-corrected chi connectivity index (χ0v) is 18.3. The van der Waals surface area contributed by atoms with Crippen molar-refractivity contribution in [2.45, 2.75) is 18.1 Å². The van der Waals surface area contributed by atoms with Gasteiger partial charge in [0.1, 0.15) is 11.5 Å². The molecule has 1 atom stereocenters. The van der Waals surface area contributed by atoms with Gasteiger partial charge in [0.05, 0.1) is 0 Å². The Hall–Kier alpha value is -3.50. The number of alkyl halides is 2. The first-order valence-electron chi connectivity index (χ1n) is 9.54. The molecule has 0 aromatic heterocycles. The van der Waals surface area contributed by atoms with Crippen LogP contribution in [0.5, 0.6) is 0 Å². The summed E-state index contributed by atoms with van der Waals surface area (Å²) in [6.45, 7) is -2.68. The van der Waals surface area contributed by atoms with Crippen LogP contribution in [0.25, 0.3) is 0 Å². The fraction of sp³-hybridized carbons (Fsp3) is 0.130. The predicted molar refractivity (Wildman–Crippen MR) is 123 cm³/mol. The minimum absolute atomic E-state index is 0.200. The van der Waals surface area contributed by atoms with Crippen molar-refractivity contribution in [2.24, 2.45) is 0 Å². The summed E-state index contributed by atoms with van der Waals surface area (Å²) in [5.41, 5.74) is 2.30. The average Bonchev–Trinajstić information content (AvgIpc) is 2.79. The monoisotopic (exact) mass is 477 g/mol. The quantitative estimate of drug-likeness (QED) is 0.379. The van der Waals surface area contributed by atoms with Gasteiger partial charge in [-0.05, 0) is 48.0 Å². The van der Waals surface area contributed by atoms with Crippen molar-refractivity contribution >= 4 is 33.8 Å². The van der Waals surface area contributed by atoms with Gasteiger partial charge >= 0.3 is 6.61 Å². The molecule has 1 amide bonds. The molecule has 0 bridgehead atoms. The second kappa shape index (κ2) is 12.5. The standard InChI is InChI=1S/C22H20FN3O2S.CH2F2O/c1-29(28)18-12-6-15(7-13-18)14-25-20-5-3-2-4-19(20)21(24)22(27)26-17-10-8-16(23)9-11-17;2-1(3)4/h2-13,24-25H,14H2,1H3,(H,26,27);1,4H. The van der Waals surface area contributed by atoms with Crippen molar-refractivity contribution in [2.75, 3.05) is 16.9 Å². The van der Waals surface area contributed by atoms with Gasteiger partial charge in [-0.3, -0.25) is 14.4 Å². The van der Waals surface area contributed by atoms with Crippen LogP contribution in [0.3, 0.4) is 0 Å². The summed E-state index contributed by atoms with van der Waals surface area (Å²) in [7, 11) is -1.02. The van der Waals surface area contributed by atoms with Crippen LogP contribution in [-0.4, -0.2) is 33.8 Å². The molecule has 0 aliphatic rings. The van der Waals surface area contributed by atoms with Gasteiger partial charge in [0.2, 0.25) is 0 Å². The third-order valence-electron chi connectivity index (χ3n) is 4.26. The summed E-state index contributed by atoms with van der Waals surface area (Å²) in [4.78, 5) is 13.2. The zero-order valence-electron chi connectivity index (χ0n) is 17.5. The number of hydrogen-bond donors (Lipinski definition) is 4. The summed E-state index contributed by atoms with van der Waals surface area (Å²) in [5.74, 6) is -0.980. The molecule has 4 N–H and O–H groups in total. The number of aliphatic hydroxyl groups excluding tert-OH is 1. The first-order valence-corrected chi connectivity index (χ1v) is 11.1. The highest BCUT2D eigenvalue weighted by molar-refractivity contribution is 7.84. The Balaban J connectivity index is 0.000000890. The van der Waals surface area contributed by atoms with Crippen LogP contribution < -0.4 is 10.6 Å². The number of carbonyl (C=O) groups is 1. The van der Waals surface area contributed by atoms with Gasteiger partial charge in [-0.1, -0.05) is 30.3 Å². The molecular formula is C23H22F3N3O3S. The largest absolute Gasteiger partial charge is 0.380 e. The maximum Gasteiger partial charge on any atom is 0.342 e. The van der Waals surface area contributed by atoms with Crippen molar-refractivity contribution in [3.8, 4) is 0 Å². The second-order valence-electron chi connectivity index (χ2n) is 6.61. The van der Waals surface area contributed by atoms with Crippen molar-refractivity contribution < 1.29 is 27.3 Å². The number of aliphatic hydroxyl groups is 1. The van der Waals surface area contributed by atoms with E-state index in [-0.39, 0.29) is 5.71 Å². The molecule has 3 rings (SSSR count). The number of carbonyl (C=O) groups excluding carboxylic acids is 1. The fourth-order valence-corrected chi connectivity index (χ4v) is 3.22. The number of hydrogen-bond acceptors (Lipinski definition) is 5. The number of nitrogens with one attached hydrogen (secondary N) is 3. The minimum atomic E-state index is -3.17. The van der Waals surface area contributed by atoms with Crippen LogP contribution in [0.15, 0.2) is 77.7 Å². The van der Waals surface area contributed by atoms with Gasteiger partial charge < -0.3 is 15.7 Å². The van der Waals surface area contributed by atoms with Gasteiger partial charge in [0, 0.05) is 45.4 Å². The molecule has 0 spiro atoms. The second-order valence-corrected chi connectivity index (χ2v) is 7.99. The molecule has 0 radical (unpaired) electrons. The number of anilines is 2. The fourth-order valence-electron chi connectivity index (χ4n) is 2.70. The first-order chi connectivity index (χ1) is 15.7. The SMILES string of the molecule is CS(=O)c1ccc(CNc2ccccc2C(=N)C(=O)Nc2ccc(F)cc2)cc1.OC(F)F. The molecule has 0 heterocycles. The third kappa shape index (κ3) is 8.51. The molecule has 6 nitrogen and oxygen atoms in total. The lowest BCUT2D eigenvalue weighted by Crippen LogP contribution is -2.24. The molecule has 0 saturated carbocycles. The van der Waals surface area contributed by atoms with Crippen LogP contribution in [0, 0.1) is 11.2 Å². The van der Waals surface area contributed by atoms with Crippen molar-refractivity contribution in [3.63, 3.8) is 0 Å². The molecule has 0 aliphatic carbocycles. The van der Waals surface area contributed by atoms with E-state index < -0.39 is 29.1 Å². The van der Waals surface area contributed by atoms with E-state index in [0.29, 0.717) is 23.5 Å². The first kappa shape index (κ1) is 25.8. The summed E-state index contributed by atoms with van der Waals surface area (Å²) < 4.78 is 44.3. The zero-order chi connectivity index (χ0) is 24.4. The molecule has 3 aromatic rings. The molecule has 10 heteroatoms. The van der Waals surface area contributed by atoms with E-state index in [9.17, 15) is 22.2 Å². The molecule has 0 fully saturated rings. The average molecular weight is 478 g/mol. The third-order valence-corrected chi connectivity index (χ3v) is 5.20. The Morgan fingerprint density at radius 2 is 1.61 bits per heavy atom. The molecule has 33 heavy (non-hydrogen) atoms. The van der Waals surface area contributed by atoms with E-state index in [0.717, 1.165) is 10.5 Å². The molecule has 1 unspecified atom stereocenters. The maximum absolute atomic E-state index is 13.0. The predicted octanol–water partition coefficient (Wildman–Crippen LogP) is 4.38. The molecule has 3 aromatic carbocycles. The summed E-state index contributed by atoms with van der Waals surface area (Å²) >= 11 is 0. The Morgan fingerprint density at radius 3 is 2.18 bits per heavy atom. The van der Waals surface area contributed by atoms with Crippen LogP contribution in [0.4, 0.5) is 24.5 Å². The molecular weight excluding hydrogens is 455 g/mol. The number of rotatable bonds is 7. The number of para-hydroxylation sites is 1. The normalized spacial score (nSPS) is 11.2. The Morgan fingerprint density at radius 1 is 1.03 bits per heavy atom. The van der Waals surface area contributed by atoms with Crippen LogP contribution in [0.1, 0.15) is 11.1 Å². The smallest absolute Gasteiger partial charge is 0.342 e. The summed E-state index contributed by atoms with van der Waals surface area (Å²) in [6.07, 6.45) is 1.63. The van der Waals surface area contributed by atoms with Gasteiger partial charge in [-0.15, -0.1) is 0 Å². The lowest BCUT2D eigenvalue weighted by molar-refractivity contribution is -0.110. The summed E-state index contributed by atoms with van der Waals surface area (Å²) in [6, 6.07) is 19.8. The van der Waals surface area contributed by atoms with Gasteiger partial charge in [-0.2, -0.15) is 8.78 Å². The highest BCUT2D eigenvalue weighted by Gasteiger charge is 2.15. The van der Waals surface area contributed by atoms with E-state index in [1.54, 1.807) is 24.5 Å². The maximum atomic E-state index is 13.0. The minimum Gasteiger partial charge on any atom is -0.380 e. The Labute approximate surface area is 191 Å². The van der Waals surface area contributed by atoms with Crippen LogP contribution in [-0.2, 0) is 22.1 Å². The highest BCUT2D eigenvalue weighted by atomic mass is 32.2. The van der Waals surface area contributed by atoms with E-state index in [2.05, 4.69) is 10.6 Å². The highest BCUT2D eigenvalue weighted by Crippen LogP contribution is 2.18. The van der Waals surface area contributed by atoms with Gasteiger partial charge in [0.15, 0.2) is 0 Å². The Bertz CT molecular complexity index is 1110.